The van der Waals surface area contributed by atoms with Gasteiger partial charge in [-0.05, 0) is 43.7 Å². The fourth-order valence-electron chi connectivity index (χ4n) is 3.11. The first-order valence-corrected chi connectivity index (χ1v) is 7.47. The second-order valence-corrected chi connectivity index (χ2v) is 6.77. The first-order chi connectivity index (χ1) is 9.41. The van der Waals surface area contributed by atoms with Gasteiger partial charge in [-0.1, -0.05) is 25.5 Å². The van der Waals surface area contributed by atoms with Crippen molar-refractivity contribution in [3.8, 4) is 5.75 Å². The lowest BCUT2D eigenvalue weighted by Crippen LogP contribution is -2.31. The molecule has 1 saturated carbocycles. The van der Waals surface area contributed by atoms with Crippen LogP contribution in [-0.2, 0) is 0 Å². The molecule has 1 aliphatic rings. The Labute approximate surface area is 122 Å². The van der Waals surface area contributed by atoms with E-state index in [-0.39, 0.29) is 0 Å². The normalized spacial score (nSPS) is 22.8. The second-order valence-electron chi connectivity index (χ2n) is 6.77. The van der Waals surface area contributed by atoms with Gasteiger partial charge < -0.3 is 15.2 Å². The molecule has 2 atom stereocenters. The Balaban J connectivity index is 1.95. The van der Waals surface area contributed by atoms with Gasteiger partial charge in [-0.15, -0.1) is 0 Å². The third-order valence-corrected chi connectivity index (χ3v) is 4.31. The van der Waals surface area contributed by atoms with Gasteiger partial charge in [0.2, 0.25) is 0 Å². The van der Waals surface area contributed by atoms with Crippen LogP contribution in [0.2, 0.25) is 0 Å². The first-order valence-electron chi connectivity index (χ1n) is 7.47. The highest BCUT2D eigenvalue weighted by Gasteiger charge is 2.30. The number of aryl methyl sites for hydroxylation is 1. The number of nitrogens with one attached hydrogen (secondary N) is 1. The maximum atomic E-state index is 10.4. The maximum absolute atomic E-state index is 10.4. The average Bonchev–Trinajstić information content (AvgIpc) is 2.75. The molecule has 20 heavy (non-hydrogen) atoms. The highest BCUT2D eigenvalue weighted by atomic mass is 16.5. The quantitative estimate of drug-likeness (QED) is 0.868. The van der Waals surface area contributed by atoms with E-state index < -0.39 is 6.10 Å². The van der Waals surface area contributed by atoms with Crippen LogP contribution in [0.5, 0.6) is 5.75 Å². The Bertz CT molecular complexity index is 456. The Hall–Kier alpha value is -1.06. The summed E-state index contributed by atoms with van der Waals surface area (Å²) in [5.74, 6) is 0.761. The van der Waals surface area contributed by atoms with Crippen LogP contribution < -0.4 is 10.1 Å². The van der Waals surface area contributed by atoms with Crippen LogP contribution in [0.15, 0.2) is 18.2 Å². The molecule has 2 unspecified atom stereocenters. The minimum atomic E-state index is -0.520. The standard InChI is InChI=1S/C17H27NO2/c1-12-5-6-16(20-4)14(9-12)15(19)11-18-13-7-8-17(2,3)10-13/h5-6,9,13,15,18-19H,7-8,10-11H2,1-4H3. The number of aliphatic hydroxyl groups is 1. The molecule has 3 heteroatoms. The summed E-state index contributed by atoms with van der Waals surface area (Å²) in [6.07, 6.45) is 3.12. The molecule has 0 heterocycles. The Morgan fingerprint density at radius 2 is 2.20 bits per heavy atom. The number of hydrogen-bond donors (Lipinski definition) is 2. The molecule has 2 rings (SSSR count). The molecule has 1 aliphatic carbocycles. The van der Waals surface area contributed by atoms with Crippen molar-refractivity contribution in [2.24, 2.45) is 5.41 Å². The monoisotopic (exact) mass is 277 g/mol. The van der Waals surface area contributed by atoms with Crippen molar-refractivity contribution in [3.63, 3.8) is 0 Å². The van der Waals surface area contributed by atoms with Gasteiger partial charge in [-0.2, -0.15) is 0 Å². The van der Waals surface area contributed by atoms with Gasteiger partial charge in [-0.25, -0.2) is 0 Å². The van der Waals surface area contributed by atoms with Gasteiger partial charge in [0.25, 0.3) is 0 Å². The molecule has 0 aromatic heterocycles. The van der Waals surface area contributed by atoms with Gasteiger partial charge in [0.1, 0.15) is 5.75 Å². The van der Waals surface area contributed by atoms with E-state index in [0.29, 0.717) is 18.0 Å². The minimum Gasteiger partial charge on any atom is -0.496 e. The summed E-state index contributed by atoms with van der Waals surface area (Å²) in [6, 6.07) is 6.45. The number of benzene rings is 1. The molecule has 2 N–H and O–H groups in total. The molecule has 0 amide bonds. The predicted octanol–water partition coefficient (Wildman–Crippen LogP) is 3.21. The van der Waals surface area contributed by atoms with E-state index in [1.807, 2.05) is 25.1 Å². The van der Waals surface area contributed by atoms with Crippen LogP contribution in [0.25, 0.3) is 0 Å². The minimum absolute atomic E-state index is 0.434. The lowest BCUT2D eigenvalue weighted by atomic mass is 9.92. The topological polar surface area (TPSA) is 41.5 Å². The van der Waals surface area contributed by atoms with Crippen molar-refractivity contribution in [2.45, 2.75) is 52.2 Å². The van der Waals surface area contributed by atoms with Crippen molar-refractivity contribution in [3.05, 3.63) is 29.3 Å². The molecule has 0 saturated heterocycles. The van der Waals surface area contributed by atoms with Crippen molar-refractivity contribution >= 4 is 0 Å². The van der Waals surface area contributed by atoms with Gasteiger partial charge in [0.05, 0.1) is 13.2 Å². The van der Waals surface area contributed by atoms with E-state index in [4.69, 9.17) is 4.74 Å². The van der Waals surface area contributed by atoms with Gasteiger partial charge >= 0.3 is 0 Å². The summed E-state index contributed by atoms with van der Waals surface area (Å²) in [6.45, 7) is 7.24. The zero-order valence-corrected chi connectivity index (χ0v) is 13.1. The van der Waals surface area contributed by atoms with E-state index >= 15 is 0 Å². The first kappa shape index (κ1) is 15.3. The SMILES string of the molecule is COc1ccc(C)cc1C(O)CNC1CCC(C)(C)C1. The van der Waals surface area contributed by atoms with Crippen molar-refractivity contribution < 1.29 is 9.84 Å². The van der Waals surface area contributed by atoms with Crippen LogP contribution >= 0.6 is 0 Å². The fourth-order valence-corrected chi connectivity index (χ4v) is 3.11. The molecular weight excluding hydrogens is 250 g/mol. The average molecular weight is 277 g/mol. The number of ether oxygens (including phenoxy) is 1. The summed E-state index contributed by atoms with van der Waals surface area (Å²) in [4.78, 5) is 0. The molecule has 0 aliphatic heterocycles. The third kappa shape index (κ3) is 3.74. The Kier molecular flexibility index (Phi) is 4.71. The van der Waals surface area contributed by atoms with Gasteiger partial charge in [0.15, 0.2) is 0 Å². The predicted molar refractivity (Wildman–Crippen MR) is 82.1 cm³/mol. The molecule has 1 aromatic rings. The van der Waals surface area contributed by atoms with E-state index in [9.17, 15) is 5.11 Å². The maximum Gasteiger partial charge on any atom is 0.124 e. The van der Waals surface area contributed by atoms with E-state index in [2.05, 4.69) is 19.2 Å². The summed E-state index contributed by atoms with van der Waals surface area (Å²) < 4.78 is 5.34. The second kappa shape index (κ2) is 6.15. The third-order valence-electron chi connectivity index (χ3n) is 4.31. The zero-order chi connectivity index (χ0) is 14.8. The van der Waals surface area contributed by atoms with Crippen molar-refractivity contribution in [1.29, 1.82) is 0 Å². The van der Waals surface area contributed by atoms with E-state index in [0.717, 1.165) is 16.9 Å². The summed E-state index contributed by atoms with van der Waals surface area (Å²) >= 11 is 0. The lowest BCUT2D eigenvalue weighted by molar-refractivity contribution is 0.165. The highest BCUT2D eigenvalue weighted by Crippen LogP contribution is 2.37. The molecule has 112 valence electrons. The molecule has 0 bridgehead atoms. The largest absolute Gasteiger partial charge is 0.496 e. The molecule has 3 nitrogen and oxygen atoms in total. The van der Waals surface area contributed by atoms with Gasteiger partial charge in [-0.3, -0.25) is 0 Å². The number of methoxy groups -OCH3 is 1. The van der Waals surface area contributed by atoms with Crippen LogP contribution in [0.1, 0.15) is 50.3 Å². The lowest BCUT2D eigenvalue weighted by Gasteiger charge is -2.20. The summed E-state index contributed by atoms with van der Waals surface area (Å²) in [5.41, 5.74) is 2.45. The number of rotatable bonds is 5. The molecule has 0 radical (unpaired) electrons. The molecule has 1 fully saturated rings. The summed E-state index contributed by atoms with van der Waals surface area (Å²) in [5, 5.41) is 13.9. The smallest absolute Gasteiger partial charge is 0.124 e. The Morgan fingerprint density at radius 3 is 2.80 bits per heavy atom. The number of hydrogen-bond acceptors (Lipinski definition) is 3. The molecular formula is C17H27NO2. The molecule has 1 aromatic carbocycles. The van der Waals surface area contributed by atoms with Crippen LogP contribution in [0, 0.1) is 12.3 Å². The van der Waals surface area contributed by atoms with Gasteiger partial charge in [0, 0.05) is 18.2 Å². The fraction of sp³-hybridized carbons (Fsp3) is 0.647. The van der Waals surface area contributed by atoms with Crippen molar-refractivity contribution in [1.82, 2.24) is 5.32 Å². The van der Waals surface area contributed by atoms with E-state index in [1.54, 1.807) is 7.11 Å². The molecule has 0 spiro atoms. The van der Waals surface area contributed by atoms with Crippen LogP contribution in [0.4, 0.5) is 0 Å². The number of aliphatic hydroxyl groups excluding tert-OH is 1. The highest BCUT2D eigenvalue weighted by molar-refractivity contribution is 5.38. The Morgan fingerprint density at radius 1 is 1.45 bits per heavy atom. The van der Waals surface area contributed by atoms with Crippen LogP contribution in [0.3, 0.4) is 0 Å². The summed E-state index contributed by atoms with van der Waals surface area (Å²) in [7, 11) is 1.65. The van der Waals surface area contributed by atoms with E-state index in [1.165, 1.54) is 19.3 Å². The van der Waals surface area contributed by atoms with Crippen LogP contribution in [-0.4, -0.2) is 24.8 Å². The zero-order valence-electron chi connectivity index (χ0n) is 13.1. The van der Waals surface area contributed by atoms with Crippen molar-refractivity contribution in [2.75, 3.05) is 13.7 Å².